The molecule has 0 saturated carbocycles. The van der Waals surface area contributed by atoms with Crippen molar-refractivity contribution in [3.05, 3.63) is 47.9 Å². The molecule has 0 aliphatic rings. The molecule has 1 unspecified atom stereocenters. The van der Waals surface area contributed by atoms with E-state index in [1.807, 2.05) is 23.9 Å². The Hall–Kier alpha value is -3.67. The first kappa shape index (κ1) is 24.6. The number of aromatic nitrogens is 4. The number of nitrogens with one attached hydrogen (secondary N) is 1. The lowest BCUT2D eigenvalue weighted by molar-refractivity contribution is -0.126. The normalized spacial score (nSPS) is 13.8. The van der Waals surface area contributed by atoms with E-state index in [9.17, 15) is 8.78 Å². The predicted octanol–water partition coefficient (Wildman–Crippen LogP) is 1.97. The standard InChI is InChI=1S/C17H21N7O2.C3H4F2O/c1-10(19-2)15(13-7-20-17(26-3)21-8-13)24-14-5-4-11(16(18)23-25)6-12(14)9-22-24;1-3(4,5)2-6/h4-10,15,19,25H,1-3H3,(H2,18,23);2H,1H3/t10?,15-;/m0./s1. The van der Waals surface area contributed by atoms with E-state index in [0.717, 1.165) is 16.5 Å². The molecular weight excluding hydrogens is 424 g/mol. The molecule has 1 aromatic carbocycles. The maximum Gasteiger partial charge on any atom is 0.316 e. The molecule has 0 spiro atoms. The highest BCUT2D eigenvalue weighted by atomic mass is 19.3. The van der Waals surface area contributed by atoms with Crippen LogP contribution in [0.5, 0.6) is 6.01 Å². The van der Waals surface area contributed by atoms with Gasteiger partial charge in [-0.15, -0.1) is 0 Å². The van der Waals surface area contributed by atoms with Crippen LogP contribution in [-0.2, 0) is 4.79 Å². The second-order valence-corrected chi connectivity index (χ2v) is 6.95. The number of methoxy groups -OCH3 is 1. The molecule has 0 aliphatic carbocycles. The Balaban J connectivity index is 0.000000534. The van der Waals surface area contributed by atoms with Gasteiger partial charge in [-0.1, -0.05) is 5.16 Å². The highest BCUT2D eigenvalue weighted by Crippen LogP contribution is 2.26. The third kappa shape index (κ3) is 5.94. The number of amidine groups is 1. The lowest BCUT2D eigenvalue weighted by atomic mass is 10.0. The van der Waals surface area contributed by atoms with Crippen molar-refractivity contribution < 1.29 is 23.5 Å². The highest BCUT2D eigenvalue weighted by Gasteiger charge is 2.24. The Morgan fingerprint density at radius 1 is 1.34 bits per heavy atom. The predicted molar refractivity (Wildman–Crippen MR) is 114 cm³/mol. The molecule has 0 aliphatic heterocycles. The zero-order valence-electron chi connectivity index (χ0n) is 18.0. The molecule has 0 saturated heterocycles. The molecule has 3 rings (SSSR count). The van der Waals surface area contributed by atoms with Crippen molar-refractivity contribution in [2.75, 3.05) is 14.2 Å². The van der Waals surface area contributed by atoms with Crippen molar-refractivity contribution in [2.24, 2.45) is 10.9 Å². The maximum absolute atomic E-state index is 11.1. The van der Waals surface area contributed by atoms with Crippen LogP contribution >= 0.6 is 0 Å². The lowest BCUT2D eigenvalue weighted by Gasteiger charge is -2.25. The molecule has 0 bridgehead atoms. The summed E-state index contributed by atoms with van der Waals surface area (Å²) < 4.78 is 29.1. The van der Waals surface area contributed by atoms with Crippen molar-refractivity contribution in [1.29, 1.82) is 0 Å². The van der Waals surface area contributed by atoms with Crippen LogP contribution in [0.3, 0.4) is 0 Å². The molecule has 2 aromatic heterocycles. The lowest BCUT2D eigenvalue weighted by Crippen LogP contribution is -2.34. The van der Waals surface area contributed by atoms with E-state index in [0.29, 0.717) is 18.5 Å². The number of nitrogens with zero attached hydrogens (tertiary/aromatic N) is 5. The first-order chi connectivity index (χ1) is 15.1. The van der Waals surface area contributed by atoms with Crippen LogP contribution in [0.4, 0.5) is 8.78 Å². The van der Waals surface area contributed by atoms with Gasteiger partial charge in [0.1, 0.15) is 0 Å². The fraction of sp³-hybridized carbons (Fsp3) is 0.350. The van der Waals surface area contributed by atoms with Crippen LogP contribution < -0.4 is 15.8 Å². The number of benzene rings is 1. The summed E-state index contributed by atoms with van der Waals surface area (Å²) in [5.74, 6) is -3.08. The minimum atomic E-state index is -3.14. The molecule has 0 fully saturated rings. The second-order valence-electron chi connectivity index (χ2n) is 6.95. The van der Waals surface area contributed by atoms with E-state index in [2.05, 4.69) is 32.5 Å². The number of rotatable bonds is 7. The van der Waals surface area contributed by atoms with Gasteiger partial charge in [-0.25, -0.2) is 9.97 Å². The topological polar surface area (TPSA) is 141 Å². The smallest absolute Gasteiger partial charge is 0.316 e. The average molecular weight is 449 g/mol. The Bertz CT molecular complexity index is 1070. The molecule has 0 radical (unpaired) electrons. The zero-order chi connectivity index (χ0) is 23.9. The molecular formula is C20H25F2N7O3. The van der Waals surface area contributed by atoms with Crippen LogP contribution in [0.15, 0.2) is 41.9 Å². The third-order valence-corrected chi connectivity index (χ3v) is 4.57. The number of alkyl halides is 2. The van der Waals surface area contributed by atoms with Gasteiger partial charge in [0.05, 0.1) is 24.9 Å². The summed E-state index contributed by atoms with van der Waals surface area (Å²) in [5, 5.41) is 20.6. The summed E-state index contributed by atoms with van der Waals surface area (Å²) in [6.45, 7) is 2.60. The molecule has 172 valence electrons. The molecule has 10 nitrogen and oxygen atoms in total. The van der Waals surface area contributed by atoms with Gasteiger partial charge in [0.15, 0.2) is 12.1 Å². The second kappa shape index (κ2) is 10.6. The fourth-order valence-electron chi connectivity index (χ4n) is 2.88. The molecule has 2 heterocycles. The summed E-state index contributed by atoms with van der Waals surface area (Å²) in [6, 6.07) is 5.78. The fourth-order valence-corrected chi connectivity index (χ4v) is 2.88. The molecule has 4 N–H and O–H groups in total. The number of likely N-dealkylation sites (N-methyl/N-ethyl adjacent to an activating group) is 1. The SMILES string of the molecule is CC(F)(F)C=O.CNC(C)[C@@H](c1cnc(OC)nc1)n1ncc2cc(/C(N)=N/O)ccc21. The number of fused-ring (bicyclic) bond motifs is 1. The summed E-state index contributed by atoms with van der Waals surface area (Å²) >= 11 is 0. The van der Waals surface area contributed by atoms with Gasteiger partial charge in [0, 0.05) is 41.9 Å². The Morgan fingerprint density at radius 2 is 1.97 bits per heavy atom. The number of hydrogen-bond acceptors (Lipinski definition) is 8. The van der Waals surface area contributed by atoms with Gasteiger partial charge < -0.3 is 21.0 Å². The number of aldehydes is 1. The van der Waals surface area contributed by atoms with Crippen molar-refractivity contribution in [2.45, 2.75) is 31.9 Å². The first-order valence-corrected chi connectivity index (χ1v) is 9.47. The Kier molecular flexibility index (Phi) is 8.13. The van der Waals surface area contributed by atoms with Crippen LogP contribution in [0.1, 0.15) is 31.0 Å². The van der Waals surface area contributed by atoms with Gasteiger partial charge in [0.25, 0.3) is 5.92 Å². The average Bonchev–Trinajstić information content (AvgIpc) is 3.21. The monoisotopic (exact) mass is 449 g/mol. The van der Waals surface area contributed by atoms with E-state index in [1.54, 1.807) is 24.7 Å². The van der Waals surface area contributed by atoms with Crippen molar-refractivity contribution in [1.82, 2.24) is 25.1 Å². The van der Waals surface area contributed by atoms with Crippen molar-refractivity contribution >= 4 is 23.0 Å². The minimum Gasteiger partial charge on any atom is -0.467 e. The van der Waals surface area contributed by atoms with E-state index in [4.69, 9.17) is 20.5 Å². The number of halogens is 2. The van der Waals surface area contributed by atoms with E-state index in [1.165, 1.54) is 7.11 Å². The maximum atomic E-state index is 11.1. The van der Waals surface area contributed by atoms with Gasteiger partial charge >= 0.3 is 6.01 Å². The Labute approximate surface area is 183 Å². The number of carbonyl (C=O) groups is 1. The summed E-state index contributed by atoms with van der Waals surface area (Å²) in [5.41, 5.74) is 8.12. The number of ether oxygens (including phenoxy) is 1. The van der Waals surface area contributed by atoms with Gasteiger partial charge in [0.2, 0.25) is 0 Å². The summed E-state index contributed by atoms with van der Waals surface area (Å²) in [7, 11) is 3.42. The third-order valence-electron chi connectivity index (χ3n) is 4.57. The zero-order valence-corrected chi connectivity index (χ0v) is 18.0. The first-order valence-electron chi connectivity index (χ1n) is 9.47. The van der Waals surface area contributed by atoms with Crippen LogP contribution in [-0.4, -0.2) is 63.2 Å². The highest BCUT2D eigenvalue weighted by molar-refractivity contribution is 6.00. The number of carbonyl (C=O) groups excluding carboxylic acids is 1. The van der Waals surface area contributed by atoms with Crippen LogP contribution in [0.2, 0.25) is 0 Å². The molecule has 2 atom stereocenters. The van der Waals surface area contributed by atoms with Crippen molar-refractivity contribution in [3.63, 3.8) is 0 Å². The van der Waals surface area contributed by atoms with E-state index < -0.39 is 12.2 Å². The van der Waals surface area contributed by atoms with Gasteiger partial charge in [-0.2, -0.15) is 13.9 Å². The molecule has 12 heteroatoms. The minimum absolute atomic E-state index is 0.0587. The van der Waals surface area contributed by atoms with Gasteiger partial charge in [-0.3, -0.25) is 9.48 Å². The van der Waals surface area contributed by atoms with E-state index >= 15 is 0 Å². The van der Waals surface area contributed by atoms with Crippen LogP contribution in [0, 0.1) is 0 Å². The Morgan fingerprint density at radius 3 is 2.47 bits per heavy atom. The van der Waals surface area contributed by atoms with Crippen molar-refractivity contribution in [3.8, 4) is 6.01 Å². The van der Waals surface area contributed by atoms with Gasteiger partial charge in [-0.05, 0) is 32.2 Å². The number of oxime groups is 1. The quantitative estimate of drug-likeness (QED) is 0.163. The van der Waals surface area contributed by atoms with E-state index in [-0.39, 0.29) is 17.9 Å². The molecule has 0 amide bonds. The van der Waals surface area contributed by atoms with Crippen LogP contribution in [0.25, 0.3) is 10.9 Å². The number of hydrogen-bond donors (Lipinski definition) is 3. The number of nitrogens with two attached hydrogens (primary N) is 1. The molecule has 32 heavy (non-hydrogen) atoms. The summed E-state index contributed by atoms with van der Waals surface area (Å²) in [6.07, 6.45) is 4.83. The summed E-state index contributed by atoms with van der Waals surface area (Å²) in [4.78, 5) is 17.5. The largest absolute Gasteiger partial charge is 0.467 e. The molecule has 3 aromatic rings.